The molecule has 1 rings (SSSR count). The van der Waals surface area contributed by atoms with E-state index in [1.54, 1.807) is 0 Å². The van der Waals surface area contributed by atoms with E-state index in [-0.39, 0.29) is 0 Å². The first-order chi connectivity index (χ1) is 7.83. The van der Waals surface area contributed by atoms with E-state index in [9.17, 15) is 0 Å². The Kier molecular flexibility index (Phi) is 6.79. The number of rotatable bonds is 7. The van der Waals surface area contributed by atoms with Gasteiger partial charge in [0.25, 0.3) is 0 Å². The van der Waals surface area contributed by atoms with Crippen molar-refractivity contribution in [2.45, 2.75) is 76.7 Å². The lowest BCUT2D eigenvalue weighted by Gasteiger charge is -2.33. The highest BCUT2D eigenvalue weighted by molar-refractivity contribution is 4.88. The second-order valence-corrected chi connectivity index (χ2v) is 5.26. The van der Waals surface area contributed by atoms with E-state index in [0.29, 0.717) is 5.54 Å². The predicted molar refractivity (Wildman–Crippen MR) is 72.8 cm³/mol. The van der Waals surface area contributed by atoms with Crippen LogP contribution in [-0.2, 0) is 0 Å². The molecule has 1 aliphatic heterocycles. The Morgan fingerprint density at radius 3 is 2.81 bits per heavy atom. The highest BCUT2D eigenvalue weighted by Gasteiger charge is 2.27. The Labute approximate surface area is 102 Å². The molecule has 1 saturated heterocycles. The molecule has 94 valence electrons. The van der Waals surface area contributed by atoms with E-state index in [4.69, 9.17) is 0 Å². The van der Waals surface area contributed by atoms with Gasteiger partial charge in [0, 0.05) is 5.54 Å². The number of hydrogen-bond donors (Lipinski definition) is 1. The van der Waals surface area contributed by atoms with Crippen molar-refractivity contribution in [3.63, 3.8) is 0 Å². The molecule has 0 radical (unpaired) electrons. The lowest BCUT2D eigenvalue weighted by Crippen LogP contribution is -2.43. The minimum Gasteiger partial charge on any atom is -0.311 e. The van der Waals surface area contributed by atoms with Crippen LogP contribution in [0.1, 0.15) is 71.1 Å². The topological polar surface area (TPSA) is 12.0 Å². The Bertz CT molecular complexity index is 178. The summed E-state index contributed by atoms with van der Waals surface area (Å²) in [6, 6.07) is 0. The fraction of sp³-hybridized carbons (Fsp3) is 0.867. The Hall–Kier alpha value is -0.300. The van der Waals surface area contributed by atoms with Gasteiger partial charge >= 0.3 is 0 Å². The van der Waals surface area contributed by atoms with Gasteiger partial charge in [-0.1, -0.05) is 38.7 Å². The summed E-state index contributed by atoms with van der Waals surface area (Å²) in [5.41, 5.74) is 0.477. The van der Waals surface area contributed by atoms with Gasteiger partial charge < -0.3 is 5.32 Å². The van der Waals surface area contributed by atoms with Crippen molar-refractivity contribution in [2.75, 3.05) is 6.54 Å². The third kappa shape index (κ3) is 4.69. The van der Waals surface area contributed by atoms with Crippen LogP contribution in [-0.4, -0.2) is 12.1 Å². The van der Waals surface area contributed by atoms with Crippen LogP contribution in [0.15, 0.2) is 12.7 Å². The second kappa shape index (κ2) is 7.89. The third-order valence-corrected chi connectivity index (χ3v) is 4.07. The van der Waals surface area contributed by atoms with Crippen LogP contribution < -0.4 is 5.32 Å². The molecule has 1 aliphatic rings. The number of nitrogens with one attached hydrogen (secondary N) is 1. The maximum absolute atomic E-state index is 3.82. The van der Waals surface area contributed by atoms with Gasteiger partial charge in [-0.25, -0.2) is 0 Å². The summed E-state index contributed by atoms with van der Waals surface area (Å²) < 4.78 is 0. The first-order valence-corrected chi connectivity index (χ1v) is 7.19. The van der Waals surface area contributed by atoms with E-state index >= 15 is 0 Å². The van der Waals surface area contributed by atoms with Gasteiger partial charge in [-0.05, 0) is 45.1 Å². The fourth-order valence-corrected chi connectivity index (χ4v) is 2.83. The smallest absolute Gasteiger partial charge is 0.0178 e. The Morgan fingerprint density at radius 2 is 2.06 bits per heavy atom. The highest BCUT2D eigenvalue weighted by Crippen LogP contribution is 2.28. The summed E-state index contributed by atoms with van der Waals surface area (Å²) in [7, 11) is 0. The molecule has 0 aromatic rings. The van der Waals surface area contributed by atoms with E-state index < -0.39 is 0 Å². The second-order valence-electron chi connectivity index (χ2n) is 5.26. The minimum atomic E-state index is 0.477. The lowest BCUT2D eigenvalue weighted by molar-refractivity contribution is 0.273. The normalized spacial score (nSPS) is 26.3. The van der Waals surface area contributed by atoms with Crippen LogP contribution in [0.3, 0.4) is 0 Å². The van der Waals surface area contributed by atoms with Crippen molar-refractivity contribution in [1.29, 1.82) is 0 Å². The van der Waals surface area contributed by atoms with E-state index in [0.717, 1.165) is 0 Å². The van der Waals surface area contributed by atoms with Crippen LogP contribution in [0, 0.1) is 0 Å². The fourth-order valence-electron chi connectivity index (χ4n) is 2.83. The predicted octanol–water partition coefficient (Wildman–Crippen LogP) is 4.44. The zero-order valence-electron chi connectivity index (χ0n) is 11.1. The molecule has 0 aromatic carbocycles. The maximum Gasteiger partial charge on any atom is 0.0178 e. The first-order valence-electron chi connectivity index (χ1n) is 7.19. The van der Waals surface area contributed by atoms with Gasteiger partial charge in [-0.2, -0.15) is 0 Å². The van der Waals surface area contributed by atoms with Gasteiger partial charge in [0.2, 0.25) is 0 Å². The van der Waals surface area contributed by atoms with Gasteiger partial charge in [-0.15, -0.1) is 6.58 Å². The summed E-state index contributed by atoms with van der Waals surface area (Å²) in [5, 5.41) is 3.82. The number of hydrogen-bond acceptors (Lipinski definition) is 1. The Morgan fingerprint density at radius 1 is 1.19 bits per heavy atom. The molecular formula is C15H29N. The van der Waals surface area contributed by atoms with Crippen molar-refractivity contribution < 1.29 is 0 Å². The van der Waals surface area contributed by atoms with Crippen LogP contribution >= 0.6 is 0 Å². The lowest BCUT2D eigenvalue weighted by atomic mass is 9.85. The molecule has 1 heteroatoms. The molecule has 16 heavy (non-hydrogen) atoms. The summed E-state index contributed by atoms with van der Waals surface area (Å²) in [5.74, 6) is 0. The molecule has 1 N–H and O–H groups in total. The molecule has 1 nitrogen and oxygen atoms in total. The number of unbranched alkanes of at least 4 members (excludes halogenated alkanes) is 3. The van der Waals surface area contributed by atoms with Crippen molar-refractivity contribution in [1.82, 2.24) is 5.32 Å². The molecule has 0 aromatic heterocycles. The molecule has 0 spiro atoms. The van der Waals surface area contributed by atoms with Gasteiger partial charge in [0.15, 0.2) is 0 Å². The zero-order chi connectivity index (χ0) is 11.7. The van der Waals surface area contributed by atoms with Crippen LogP contribution in [0.5, 0.6) is 0 Å². The van der Waals surface area contributed by atoms with Crippen LogP contribution in [0.4, 0.5) is 0 Å². The average molecular weight is 223 g/mol. The van der Waals surface area contributed by atoms with Crippen molar-refractivity contribution in [3.8, 4) is 0 Å². The quantitative estimate of drug-likeness (QED) is 0.497. The van der Waals surface area contributed by atoms with Crippen LogP contribution in [0.2, 0.25) is 0 Å². The SMILES string of the molecule is C=CCCCCCC1(CC)CCCCCN1. The number of allylic oxidation sites excluding steroid dienone is 1. The summed E-state index contributed by atoms with van der Waals surface area (Å²) >= 11 is 0. The Balaban J connectivity index is 2.25. The van der Waals surface area contributed by atoms with Crippen molar-refractivity contribution >= 4 is 0 Å². The van der Waals surface area contributed by atoms with Gasteiger partial charge in [0.1, 0.15) is 0 Å². The molecular weight excluding hydrogens is 194 g/mol. The molecule has 0 aliphatic carbocycles. The van der Waals surface area contributed by atoms with E-state index in [2.05, 4.69) is 18.8 Å². The molecule has 0 amide bonds. The summed E-state index contributed by atoms with van der Waals surface area (Å²) in [4.78, 5) is 0. The highest BCUT2D eigenvalue weighted by atomic mass is 15.0. The average Bonchev–Trinajstić information content (AvgIpc) is 2.55. The van der Waals surface area contributed by atoms with Crippen molar-refractivity contribution in [3.05, 3.63) is 12.7 Å². The molecule has 1 unspecified atom stereocenters. The van der Waals surface area contributed by atoms with Gasteiger partial charge in [0.05, 0.1) is 0 Å². The third-order valence-electron chi connectivity index (χ3n) is 4.07. The van der Waals surface area contributed by atoms with Crippen molar-refractivity contribution in [2.24, 2.45) is 0 Å². The van der Waals surface area contributed by atoms with E-state index in [1.807, 2.05) is 6.08 Å². The van der Waals surface area contributed by atoms with E-state index in [1.165, 1.54) is 70.8 Å². The monoisotopic (exact) mass is 223 g/mol. The van der Waals surface area contributed by atoms with Gasteiger partial charge in [-0.3, -0.25) is 0 Å². The molecule has 1 atom stereocenters. The summed E-state index contributed by atoms with van der Waals surface area (Å²) in [6.45, 7) is 7.36. The first kappa shape index (κ1) is 13.8. The van der Waals surface area contributed by atoms with Crippen LogP contribution in [0.25, 0.3) is 0 Å². The zero-order valence-corrected chi connectivity index (χ0v) is 11.1. The standard InChI is InChI=1S/C15H29N/c1-3-5-6-7-9-12-15(4-2)13-10-8-11-14-16-15/h3,16H,1,4-14H2,2H3. The molecule has 0 saturated carbocycles. The largest absolute Gasteiger partial charge is 0.311 e. The summed E-state index contributed by atoms with van der Waals surface area (Å²) in [6.07, 6.45) is 15.6. The maximum atomic E-state index is 3.82. The molecule has 1 fully saturated rings. The molecule has 1 heterocycles. The molecule has 0 bridgehead atoms. The minimum absolute atomic E-state index is 0.477.